The average molecular weight is 240 g/mol. The van der Waals surface area contributed by atoms with Gasteiger partial charge in [0.25, 0.3) is 0 Å². The number of hydrogen-bond acceptors (Lipinski definition) is 6. The van der Waals surface area contributed by atoms with Crippen LogP contribution in [0.4, 0.5) is 5.82 Å². The molecule has 0 fully saturated rings. The Balaban J connectivity index is 2.32. The zero-order chi connectivity index (χ0) is 12.5. The second kappa shape index (κ2) is 7.81. The predicted molar refractivity (Wildman–Crippen MR) is 66.2 cm³/mol. The largest absolute Gasteiger partial charge is 0.474 e. The number of rotatable bonds is 8. The molecule has 0 aromatic carbocycles. The van der Waals surface area contributed by atoms with Crippen molar-refractivity contribution in [2.45, 2.75) is 20.0 Å². The van der Waals surface area contributed by atoms with Crippen molar-refractivity contribution in [1.29, 1.82) is 0 Å². The molecule has 0 saturated heterocycles. The van der Waals surface area contributed by atoms with Crippen LogP contribution >= 0.6 is 0 Å². The van der Waals surface area contributed by atoms with Crippen LogP contribution in [0.2, 0.25) is 0 Å². The van der Waals surface area contributed by atoms with E-state index in [1.54, 1.807) is 12.4 Å². The van der Waals surface area contributed by atoms with Crippen molar-refractivity contribution in [3.63, 3.8) is 0 Å². The van der Waals surface area contributed by atoms with Gasteiger partial charge >= 0.3 is 0 Å². The summed E-state index contributed by atoms with van der Waals surface area (Å²) in [5.74, 6) is 1.20. The maximum absolute atomic E-state index is 5.44. The molecule has 1 rings (SSSR count). The molecule has 3 N–H and O–H groups in total. The van der Waals surface area contributed by atoms with Gasteiger partial charge in [-0.1, -0.05) is 0 Å². The summed E-state index contributed by atoms with van der Waals surface area (Å²) in [5, 5.41) is 3.10. The molecule has 0 radical (unpaired) electrons. The fourth-order valence-corrected chi connectivity index (χ4v) is 1.17. The van der Waals surface area contributed by atoms with Crippen molar-refractivity contribution in [2.75, 3.05) is 31.6 Å². The van der Waals surface area contributed by atoms with Gasteiger partial charge in [0.05, 0.1) is 31.7 Å². The minimum atomic E-state index is 0.0902. The maximum atomic E-state index is 5.44. The lowest BCUT2D eigenvalue weighted by atomic mass is 10.5. The molecule has 6 nitrogen and oxygen atoms in total. The van der Waals surface area contributed by atoms with E-state index in [0.717, 1.165) is 0 Å². The monoisotopic (exact) mass is 240 g/mol. The van der Waals surface area contributed by atoms with E-state index in [1.807, 2.05) is 13.8 Å². The Hall–Kier alpha value is -1.40. The van der Waals surface area contributed by atoms with Gasteiger partial charge in [-0.25, -0.2) is 0 Å². The zero-order valence-electron chi connectivity index (χ0n) is 10.3. The van der Waals surface area contributed by atoms with E-state index in [4.69, 9.17) is 15.2 Å². The molecule has 0 aliphatic carbocycles. The summed E-state index contributed by atoms with van der Waals surface area (Å²) >= 11 is 0. The van der Waals surface area contributed by atoms with Crippen LogP contribution in [0, 0.1) is 0 Å². The molecule has 96 valence electrons. The normalized spacial score (nSPS) is 10.6. The van der Waals surface area contributed by atoms with Crippen molar-refractivity contribution < 1.29 is 9.47 Å². The van der Waals surface area contributed by atoms with Crippen molar-refractivity contribution in [3.05, 3.63) is 12.4 Å². The third-order valence-electron chi connectivity index (χ3n) is 1.78. The van der Waals surface area contributed by atoms with Gasteiger partial charge in [-0.15, -0.1) is 0 Å². The number of ether oxygens (including phenoxy) is 2. The Morgan fingerprint density at radius 1 is 1.35 bits per heavy atom. The molecule has 17 heavy (non-hydrogen) atoms. The third-order valence-corrected chi connectivity index (χ3v) is 1.78. The Kier molecular flexibility index (Phi) is 6.27. The summed E-state index contributed by atoms with van der Waals surface area (Å²) in [4.78, 5) is 8.30. The number of hydrogen-bond donors (Lipinski definition) is 2. The first kappa shape index (κ1) is 13.7. The zero-order valence-corrected chi connectivity index (χ0v) is 10.3. The van der Waals surface area contributed by atoms with Crippen LogP contribution in [0.25, 0.3) is 0 Å². The fourth-order valence-electron chi connectivity index (χ4n) is 1.17. The summed E-state index contributed by atoms with van der Waals surface area (Å²) in [6.07, 6.45) is 3.33. The second-order valence-corrected chi connectivity index (χ2v) is 3.74. The first-order valence-corrected chi connectivity index (χ1v) is 5.72. The van der Waals surface area contributed by atoms with E-state index >= 15 is 0 Å². The second-order valence-electron chi connectivity index (χ2n) is 3.74. The molecule has 0 aliphatic heterocycles. The van der Waals surface area contributed by atoms with Crippen LogP contribution in [-0.2, 0) is 4.74 Å². The highest BCUT2D eigenvalue weighted by Gasteiger charge is 2.01. The topological polar surface area (TPSA) is 82.3 Å². The molecule has 1 heterocycles. The van der Waals surface area contributed by atoms with E-state index in [2.05, 4.69) is 15.3 Å². The molecule has 0 unspecified atom stereocenters. The molecule has 0 bridgehead atoms. The van der Waals surface area contributed by atoms with Gasteiger partial charge in [0, 0.05) is 13.1 Å². The van der Waals surface area contributed by atoms with Gasteiger partial charge < -0.3 is 20.5 Å². The van der Waals surface area contributed by atoms with Crippen molar-refractivity contribution >= 4 is 5.82 Å². The highest BCUT2D eigenvalue weighted by Crippen LogP contribution is 2.10. The molecule has 0 saturated carbocycles. The number of nitrogens with zero attached hydrogens (tertiary/aromatic N) is 2. The van der Waals surface area contributed by atoms with Crippen molar-refractivity contribution in [1.82, 2.24) is 9.97 Å². The lowest BCUT2D eigenvalue weighted by molar-refractivity contribution is 0.151. The number of anilines is 1. The minimum Gasteiger partial charge on any atom is -0.474 e. The van der Waals surface area contributed by atoms with Gasteiger partial charge in [-0.3, -0.25) is 4.98 Å². The van der Waals surface area contributed by atoms with Gasteiger partial charge in [0.2, 0.25) is 5.88 Å². The van der Waals surface area contributed by atoms with E-state index in [0.29, 0.717) is 38.0 Å². The Labute approximate surface area is 102 Å². The Bertz CT molecular complexity index is 320. The molecular weight excluding hydrogens is 220 g/mol. The van der Waals surface area contributed by atoms with Crippen LogP contribution in [0.1, 0.15) is 13.8 Å². The summed E-state index contributed by atoms with van der Waals surface area (Å²) in [5.41, 5.74) is 5.30. The maximum Gasteiger partial charge on any atom is 0.234 e. The molecule has 6 heteroatoms. The predicted octanol–water partition coefficient (Wildman–Crippen LogP) is 0.651. The van der Waals surface area contributed by atoms with Gasteiger partial charge in [-0.2, -0.15) is 4.98 Å². The molecule has 0 spiro atoms. The third kappa shape index (κ3) is 6.03. The van der Waals surface area contributed by atoms with Crippen molar-refractivity contribution in [2.24, 2.45) is 5.73 Å². The van der Waals surface area contributed by atoms with Crippen LogP contribution < -0.4 is 15.8 Å². The summed E-state index contributed by atoms with van der Waals surface area (Å²) < 4.78 is 10.7. The highest BCUT2D eigenvalue weighted by atomic mass is 16.5. The highest BCUT2D eigenvalue weighted by molar-refractivity contribution is 5.33. The van der Waals surface area contributed by atoms with Crippen molar-refractivity contribution in [3.8, 4) is 5.88 Å². The first-order valence-electron chi connectivity index (χ1n) is 5.72. The quantitative estimate of drug-likeness (QED) is 0.649. The number of nitrogens with two attached hydrogens (primary N) is 1. The lowest BCUT2D eigenvalue weighted by Crippen LogP contribution is -2.15. The standard InChI is InChI=1S/C11H20N4O2/c1-9(2)17-11-8-13-7-10(15-11)14-4-6-16-5-3-12/h7-9H,3-6,12H2,1-2H3,(H,14,15). The Morgan fingerprint density at radius 3 is 2.88 bits per heavy atom. The van der Waals surface area contributed by atoms with Gasteiger partial charge in [0.1, 0.15) is 5.82 Å². The Morgan fingerprint density at radius 2 is 2.18 bits per heavy atom. The van der Waals surface area contributed by atoms with E-state index in [-0.39, 0.29) is 6.10 Å². The number of nitrogens with one attached hydrogen (secondary N) is 1. The fraction of sp³-hybridized carbons (Fsp3) is 0.636. The van der Waals surface area contributed by atoms with Gasteiger partial charge in [-0.05, 0) is 13.8 Å². The number of aromatic nitrogens is 2. The first-order chi connectivity index (χ1) is 8.22. The van der Waals surface area contributed by atoms with Crippen LogP contribution in [0.15, 0.2) is 12.4 Å². The summed E-state index contributed by atoms with van der Waals surface area (Å²) in [7, 11) is 0. The smallest absolute Gasteiger partial charge is 0.234 e. The average Bonchev–Trinajstić information content (AvgIpc) is 2.28. The molecule has 0 amide bonds. The molecule has 1 aromatic heterocycles. The molecule has 0 atom stereocenters. The summed E-state index contributed by atoms with van der Waals surface area (Å²) in [6, 6.07) is 0. The van der Waals surface area contributed by atoms with Crippen LogP contribution in [-0.4, -0.2) is 42.4 Å². The molecular formula is C11H20N4O2. The van der Waals surface area contributed by atoms with E-state index in [9.17, 15) is 0 Å². The SMILES string of the molecule is CC(C)Oc1cncc(NCCOCCN)n1. The van der Waals surface area contributed by atoms with E-state index < -0.39 is 0 Å². The minimum absolute atomic E-state index is 0.0902. The lowest BCUT2D eigenvalue weighted by Gasteiger charge is -2.10. The summed E-state index contributed by atoms with van der Waals surface area (Å²) in [6.45, 7) is 6.26. The van der Waals surface area contributed by atoms with E-state index in [1.165, 1.54) is 0 Å². The van der Waals surface area contributed by atoms with Gasteiger partial charge in [0.15, 0.2) is 0 Å². The molecule has 0 aliphatic rings. The van der Waals surface area contributed by atoms with Crippen LogP contribution in [0.3, 0.4) is 0 Å². The van der Waals surface area contributed by atoms with Crippen LogP contribution in [0.5, 0.6) is 5.88 Å². The molecule has 1 aromatic rings.